The van der Waals surface area contributed by atoms with Crippen LogP contribution >= 0.6 is 0 Å². The van der Waals surface area contributed by atoms with Gasteiger partial charge in [0.2, 0.25) is 0 Å². The lowest BCUT2D eigenvalue weighted by molar-refractivity contribution is -0.141. The van der Waals surface area contributed by atoms with Crippen LogP contribution in [-0.2, 0) is 14.3 Å². The van der Waals surface area contributed by atoms with Crippen molar-refractivity contribution in [2.24, 2.45) is 0 Å². The number of rotatable bonds is 7. The van der Waals surface area contributed by atoms with Crippen molar-refractivity contribution in [1.29, 1.82) is 0 Å². The van der Waals surface area contributed by atoms with Crippen molar-refractivity contribution >= 4 is 11.9 Å². The standard InChI is InChI=1S/C18H18FNO4/c1-23-18(22)11-16(13-7-9-14(19)10-8-13)20-17(21)12-24-15-5-3-2-4-6-15/h2-10,16H,11-12H2,1H3,(H,20,21). The third kappa shape index (κ3) is 5.39. The van der Waals surface area contributed by atoms with Gasteiger partial charge in [-0.25, -0.2) is 4.39 Å². The van der Waals surface area contributed by atoms with Gasteiger partial charge in [0, 0.05) is 0 Å². The SMILES string of the molecule is COC(=O)CC(NC(=O)COc1ccccc1)c1ccc(F)cc1. The Morgan fingerprint density at radius 1 is 1.08 bits per heavy atom. The average molecular weight is 331 g/mol. The Labute approximate surface area is 139 Å². The summed E-state index contributed by atoms with van der Waals surface area (Å²) in [5.41, 5.74) is 0.606. The van der Waals surface area contributed by atoms with E-state index in [-0.39, 0.29) is 13.0 Å². The molecule has 0 radical (unpaired) electrons. The quantitative estimate of drug-likeness (QED) is 0.792. The smallest absolute Gasteiger partial charge is 0.307 e. The summed E-state index contributed by atoms with van der Waals surface area (Å²) in [6.07, 6.45) is -0.0563. The van der Waals surface area contributed by atoms with Crippen LogP contribution < -0.4 is 10.1 Å². The molecule has 0 aliphatic heterocycles. The fourth-order valence-electron chi connectivity index (χ4n) is 2.10. The fraction of sp³-hybridized carbons (Fsp3) is 0.222. The van der Waals surface area contributed by atoms with Crippen LogP contribution in [-0.4, -0.2) is 25.6 Å². The summed E-state index contributed by atoms with van der Waals surface area (Å²) in [6, 6.07) is 13.9. The molecule has 0 saturated heterocycles. The summed E-state index contributed by atoms with van der Waals surface area (Å²) in [5.74, 6) is -0.695. The Bertz CT molecular complexity index is 673. The molecule has 1 N–H and O–H groups in total. The van der Waals surface area contributed by atoms with Crippen LogP contribution in [0.25, 0.3) is 0 Å². The van der Waals surface area contributed by atoms with Gasteiger partial charge in [0.15, 0.2) is 6.61 Å². The van der Waals surface area contributed by atoms with Crippen LogP contribution in [0, 0.1) is 5.82 Å². The number of esters is 1. The Kier molecular flexibility index (Phi) is 6.31. The monoisotopic (exact) mass is 331 g/mol. The molecular weight excluding hydrogens is 313 g/mol. The van der Waals surface area contributed by atoms with E-state index in [0.29, 0.717) is 11.3 Å². The lowest BCUT2D eigenvalue weighted by Gasteiger charge is -2.18. The third-order valence-electron chi connectivity index (χ3n) is 3.32. The van der Waals surface area contributed by atoms with E-state index in [2.05, 4.69) is 10.1 Å². The number of para-hydroxylation sites is 1. The van der Waals surface area contributed by atoms with Crippen molar-refractivity contribution in [2.45, 2.75) is 12.5 Å². The number of ether oxygens (including phenoxy) is 2. The van der Waals surface area contributed by atoms with Crippen molar-refractivity contribution in [3.05, 3.63) is 66.0 Å². The highest BCUT2D eigenvalue weighted by Gasteiger charge is 2.19. The van der Waals surface area contributed by atoms with Crippen molar-refractivity contribution in [3.63, 3.8) is 0 Å². The second-order valence-electron chi connectivity index (χ2n) is 5.05. The first-order valence-electron chi connectivity index (χ1n) is 7.38. The van der Waals surface area contributed by atoms with Crippen LogP contribution in [0.4, 0.5) is 4.39 Å². The average Bonchev–Trinajstić information content (AvgIpc) is 2.61. The highest BCUT2D eigenvalue weighted by atomic mass is 19.1. The number of hydrogen-bond acceptors (Lipinski definition) is 4. The summed E-state index contributed by atoms with van der Waals surface area (Å²) >= 11 is 0. The largest absolute Gasteiger partial charge is 0.484 e. The third-order valence-corrected chi connectivity index (χ3v) is 3.32. The minimum absolute atomic E-state index is 0.0563. The van der Waals surface area contributed by atoms with Gasteiger partial charge in [-0.05, 0) is 29.8 Å². The predicted octanol–water partition coefficient (Wildman–Crippen LogP) is 2.63. The number of benzene rings is 2. The molecular formula is C18H18FNO4. The van der Waals surface area contributed by atoms with Crippen LogP contribution in [0.2, 0.25) is 0 Å². The Hall–Kier alpha value is -2.89. The molecule has 5 nitrogen and oxygen atoms in total. The Morgan fingerprint density at radius 2 is 1.75 bits per heavy atom. The first-order chi connectivity index (χ1) is 11.6. The van der Waals surface area contributed by atoms with E-state index in [0.717, 1.165) is 0 Å². The Morgan fingerprint density at radius 3 is 2.38 bits per heavy atom. The van der Waals surface area contributed by atoms with E-state index < -0.39 is 23.7 Å². The van der Waals surface area contributed by atoms with Gasteiger partial charge >= 0.3 is 5.97 Å². The van der Waals surface area contributed by atoms with E-state index in [1.165, 1.54) is 31.4 Å². The number of hydrogen-bond donors (Lipinski definition) is 1. The molecule has 24 heavy (non-hydrogen) atoms. The molecule has 0 saturated carbocycles. The summed E-state index contributed by atoms with van der Waals surface area (Å²) in [7, 11) is 1.27. The maximum atomic E-state index is 13.1. The summed E-state index contributed by atoms with van der Waals surface area (Å²) < 4.78 is 23.1. The first-order valence-corrected chi connectivity index (χ1v) is 7.38. The summed E-state index contributed by atoms with van der Waals surface area (Å²) in [4.78, 5) is 23.6. The molecule has 0 bridgehead atoms. The lowest BCUT2D eigenvalue weighted by atomic mass is 10.0. The van der Waals surface area contributed by atoms with Gasteiger partial charge in [0.05, 0.1) is 19.6 Å². The zero-order chi connectivity index (χ0) is 17.4. The number of carbonyl (C=O) groups excluding carboxylic acids is 2. The van der Waals surface area contributed by atoms with Crippen LogP contribution in [0.15, 0.2) is 54.6 Å². The molecule has 0 spiro atoms. The fourth-order valence-corrected chi connectivity index (χ4v) is 2.10. The molecule has 2 aromatic carbocycles. The van der Waals surface area contributed by atoms with Gasteiger partial charge in [-0.1, -0.05) is 30.3 Å². The highest BCUT2D eigenvalue weighted by Crippen LogP contribution is 2.18. The van der Waals surface area contributed by atoms with Gasteiger partial charge < -0.3 is 14.8 Å². The zero-order valence-corrected chi connectivity index (χ0v) is 13.2. The van der Waals surface area contributed by atoms with Crippen molar-refractivity contribution < 1.29 is 23.5 Å². The molecule has 0 aliphatic rings. The zero-order valence-electron chi connectivity index (χ0n) is 13.2. The first kappa shape index (κ1) is 17.5. The second-order valence-corrected chi connectivity index (χ2v) is 5.05. The number of methoxy groups -OCH3 is 1. The molecule has 1 atom stereocenters. The van der Waals surface area contributed by atoms with Crippen molar-refractivity contribution in [1.82, 2.24) is 5.32 Å². The number of carbonyl (C=O) groups is 2. The van der Waals surface area contributed by atoms with E-state index >= 15 is 0 Å². The molecule has 126 valence electrons. The van der Waals surface area contributed by atoms with Gasteiger partial charge in [-0.2, -0.15) is 0 Å². The van der Waals surface area contributed by atoms with Crippen LogP contribution in [0.1, 0.15) is 18.0 Å². The van der Waals surface area contributed by atoms with Crippen LogP contribution in [0.5, 0.6) is 5.75 Å². The molecule has 6 heteroatoms. The second kappa shape index (κ2) is 8.67. The van der Waals surface area contributed by atoms with Crippen LogP contribution in [0.3, 0.4) is 0 Å². The topological polar surface area (TPSA) is 64.6 Å². The molecule has 1 amide bonds. The van der Waals surface area contributed by atoms with Gasteiger partial charge in [0.1, 0.15) is 11.6 Å². The van der Waals surface area contributed by atoms with Gasteiger partial charge in [-0.15, -0.1) is 0 Å². The minimum atomic E-state index is -0.620. The van der Waals surface area contributed by atoms with Gasteiger partial charge in [0.25, 0.3) is 5.91 Å². The number of nitrogens with one attached hydrogen (secondary N) is 1. The molecule has 0 aliphatic carbocycles. The van der Waals surface area contributed by atoms with Gasteiger partial charge in [-0.3, -0.25) is 9.59 Å². The normalized spacial score (nSPS) is 11.4. The van der Waals surface area contributed by atoms with Crippen molar-refractivity contribution in [3.8, 4) is 5.75 Å². The van der Waals surface area contributed by atoms with E-state index in [9.17, 15) is 14.0 Å². The highest BCUT2D eigenvalue weighted by molar-refractivity contribution is 5.79. The molecule has 2 rings (SSSR count). The number of amides is 1. The molecule has 0 fully saturated rings. The van der Waals surface area contributed by atoms with E-state index in [1.807, 2.05) is 6.07 Å². The van der Waals surface area contributed by atoms with Crippen molar-refractivity contribution in [2.75, 3.05) is 13.7 Å². The summed E-state index contributed by atoms with van der Waals surface area (Å²) in [5, 5.41) is 2.70. The maximum Gasteiger partial charge on any atom is 0.307 e. The molecule has 0 aromatic heterocycles. The number of halogens is 1. The van der Waals surface area contributed by atoms with E-state index in [1.54, 1.807) is 24.3 Å². The lowest BCUT2D eigenvalue weighted by Crippen LogP contribution is -2.34. The molecule has 2 aromatic rings. The summed E-state index contributed by atoms with van der Waals surface area (Å²) in [6.45, 7) is -0.192. The molecule has 0 heterocycles. The maximum absolute atomic E-state index is 13.1. The minimum Gasteiger partial charge on any atom is -0.484 e. The Balaban J connectivity index is 2.00. The van der Waals surface area contributed by atoms with E-state index in [4.69, 9.17) is 4.74 Å². The molecule has 1 unspecified atom stereocenters. The predicted molar refractivity (Wildman–Crippen MR) is 85.9 cm³/mol.